The molecule has 0 saturated heterocycles. The number of fused-ring (bicyclic) bond motifs is 2. The number of nitrogens with two attached hydrogens (primary N) is 1. The lowest BCUT2D eigenvalue weighted by Crippen LogP contribution is -2.16. The second-order valence-electron chi connectivity index (χ2n) is 5.90. The molecule has 0 bridgehead atoms. The number of amides is 1. The molecule has 136 valence electrons. The second kappa shape index (κ2) is 6.45. The summed E-state index contributed by atoms with van der Waals surface area (Å²) in [5.74, 6) is 0.115. The minimum atomic E-state index is -0.700. The maximum atomic E-state index is 12.2. The Hall–Kier alpha value is -3.88. The number of carbonyl (C=O) groups excluding carboxylic acids is 1. The van der Waals surface area contributed by atoms with Gasteiger partial charge in [-0.1, -0.05) is 42.5 Å². The SMILES string of the molecule is COC(=O)Nc1nc2c(=O)[nH]c(N)nc2n1Cc1cccc2ccccc12. The number of nitrogens with zero attached hydrogens (tertiary/aromatic N) is 3. The third kappa shape index (κ3) is 2.95. The highest BCUT2D eigenvalue weighted by Crippen LogP contribution is 2.23. The number of hydrogen-bond donors (Lipinski definition) is 3. The van der Waals surface area contributed by atoms with Crippen LogP contribution in [-0.4, -0.2) is 32.7 Å². The van der Waals surface area contributed by atoms with Gasteiger partial charge in [0.1, 0.15) is 0 Å². The minimum Gasteiger partial charge on any atom is -0.453 e. The van der Waals surface area contributed by atoms with Gasteiger partial charge in [-0.2, -0.15) is 4.98 Å². The van der Waals surface area contributed by atoms with Gasteiger partial charge in [-0.05, 0) is 16.3 Å². The fourth-order valence-corrected chi connectivity index (χ4v) is 3.02. The topological polar surface area (TPSA) is 128 Å². The number of methoxy groups -OCH3 is 1. The van der Waals surface area contributed by atoms with Crippen LogP contribution in [0.4, 0.5) is 16.7 Å². The largest absolute Gasteiger partial charge is 0.453 e. The Morgan fingerprint density at radius 3 is 2.81 bits per heavy atom. The van der Waals surface area contributed by atoms with Crippen LogP contribution in [0.25, 0.3) is 21.9 Å². The van der Waals surface area contributed by atoms with E-state index in [0.717, 1.165) is 16.3 Å². The molecule has 2 aromatic heterocycles. The van der Waals surface area contributed by atoms with Crippen LogP contribution < -0.4 is 16.6 Å². The van der Waals surface area contributed by atoms with Crippen molar-refractivity contribution in [2.24, 2.45) is 0 Å². The van der Waals surface area contributed by atoms with E-state index in [1.54, 1.807) is 4.57 Å². The zero-order chi connectivity index (χ0) is 19.0. The number of H-pyrrole nitrogens is 1. The molecule has 4 rings (SSSR count). The van der Waals surface area contributed by atoms with Crippen LogP contribution >= 0.6 is 0 Å². The van der Waals surface area contributed by atoms with E-state index in [9.17, 15) is 9.59 Å². The van der Waals surface area contributed by atoms with Gasteiger partial charge in [0, 0.05) is 0 Å². The van der Waals surface area contributed by atoms with E-state index in [-0.39, 0.29) is 23.1 Å². The summed E-state index contributed by atoms with van der Waals surface area (Å²) in [6.07, 6.45) is -0.700. The van der Waals surface area contributed by atoms with Gasteiger partial charge in [0.15, 0.2) is 11.2 Å². The number of aromatic amines is 1. The Balaban J connectivity index is 1.92. The van der Waals surface area contributed by atoms with E-state index in [2.05, 4.69) is 25.0 Å². The van der Waals surface area contributed by atoms with Crippen LogP contribution in [0.3, 0.4) is 0 Å². The number of carbonyl (C=O) groups is 1. The monoisotopic (exact) mass is 364 g/mol. The Morgan fingerprint density at radius 2 is 2.00 bits per heavy atom. The highest BCUT2D eigenvalue weighted by Gasteiger charge is 2.18. The molecule has 0 aliphatic rings. The first kappa shape index (κ1) is 16.6. The molecular weight excluding hydrogens is 348 g/mol. The summed E-state index contributed by atoms with van der Waals surface area (Å²) in [4.78, 5) is 34.7. The summed E-state index contributed by atoms with van der Waals surface area (Å²) in [5, 5.41) is 4.64. The van der Waals surface area contributed by atoms with Gasteiger partial charge >= 0.3 is 6.09 Å². The number of anilines is 2. The molecule has 0 fully saturated rings. The lowest BCUT2D eigenvalue weighted by atomic mass is 10.0. The van der Waals surface area contributed by atoms with Crippen LogP contribution in [0.1, 0.15) is 5.56 Å². The first-order valence-electron chi connectivity index (χ1n) is 8.14. The van der Waals surface area contributed by atoms with E-state index >= 15 is 0 Å². The van der Waals surface area contributed by atoms with E-state index in [1.165, 1.54) is 7.11 Å². The molecule has 0 unspecified atom stereocenters. The predicted molar refractivity (Wildman–Crippen MR) is 102 cm³/mol. The first-order chi connectivity index (χ1) is 13.1. The van der Waals surface area contributed by atoms with Gasteiger partial charge in [-0.3, -0.25) is 19.7 Å². The number of rotatable bonds is 3. The normalized spacial score (nSPS) is 11.0. The molecule has 0 saturated carbocycles. The maximum Gasteiger partial charge on any atom is 0.413 e. The number of aromatic nitrogens is 4. The zero-order valence-corrected chi connectivity index (χ0v) is 14.4. The fourth-order valence-electron chi connectivity index (χ4n) is 3.02. The van der Waals surface area contributed by atoms with Crippen LogP contribution in [0, 0.1) is 0 Å². The van der Waals surface area contributed by atoms with Crippen LogP contribution in [0.15, 0.2) is 47.3 Å². The van der Waals surface area contributed by atoms with Crippen molar-refractivity contribution >= 4 is 39.9 Å². The van der Waals surface area contributed by atoms with E-state index < -0.39 is 11.7 Å². The van der Waals surface area contributed by atoms with Crippen molar-refractivity contribution < 1.29 is 9.53 Å². The quantitative estimate of drug-likeness (QED) is 0.511. The molecule has 4 aromatic rings. The Kier molecular flexibility index (Phi) is 3.96. The Bertz CT molecular complexity index is 1220. The third-order valence-corrected chi connectivity index (χ3v) is 4.23. The summed E-state index contributed by atoms with van der Waals surface area (Å²) in [6.45, 7) is 0.326. The molecule has 4 N–H and O–H groups in total. The van der Waals surface area contributed by atoms with E-state index in [4.69, 9.17) is 5.73 Å². The van der Waals surface area contributed by atoms with Crippen molar-refractivity contribution in [3.05, 3.63) is 58.4 Å². The molecule has 9 heteroatoms. The van der Waals surface area contributed by atoms with Crippen LogP contribution in [-0.2, 0) is 11.3 Å². The van der Waals surface area contributed by atoms with Gasteiger partial charge in [0.25, 0.3) is 5.56 Å². The fraction of sp³-hybridized carbons (Fsp3) is 0.111. The summed E-state index contributed by atoms with van der Waals surface area (Å²) < 4.78 is 6.27. The van der Waals surface area contributed by atoms with Gasteiger partial charge in [0.05, 0.1) is 13.7 Å². The molecule has 0 spiro atoms. The average molecular weight is 364 g/mol. The molecule has 0 atom stereocenters. The molecule has 0 aliphatic heterocycles. The van der Waals surface area contributed by atoms with Crippen molar-refractivity contribution in [3.63, 3.8) is 0 Å². The van der Waals surface area contributed by atoms with Crippen molar-refractivity contribution in [1.82, 2.24) is 19.5 Å². The summed E-state index contributed by atoms with van der Waals surface area (Å²) >= 11 is 0. The van der Waals surface area contributed by atoms with Gasteiger partial charge in [0.2, 0.25) is 11.9 Å². The van der Waals surface area contributed by atoms with Crippen LogP contribution in [0.2, 0.25) is 0 Å². The first-order valence-corrected chi connectivity index (χ1v) is 8.14. The molecule has 2 aromatic carbocycles. The third-order valence-electron chi connectivity index (χ3n) is 4.23. The standard InChI is InChI=1S/C18H16N6O3/c1-27-18(26)23-17-20-13-14(21-16(19)22-15(13)25)24(17)9-11-7-4-6-10-5-2-3-8-12(10)11/h2-8H,9H2,1H3,(H,20,23,26)(H3,19,21,22,25). The highest BCUT2D eigenvalue weighted by atomic mass is 16.5. The van der Waals surface area contributed by atoms with Crippen molar-refractivity contribution in [1.29, 1.82) is 0 Å². The number of nitrogen functional groups attached to an aromatic ring is 1. The number of benzene rings is 2. The smallest absolute Gasteiger partial charge is 0.413 e. The predicted octanol–water partition coefficient (Wildman–Crippen LogP) is 2.08. The number of nitrogens with one attached hydrogen (secondary N) is 2. The lowest BCUT2D eigenvalue weighted by molar-refractivity contribution is 0.186. The van der Waals surface area contributed by atoms with Crippen molar-refractivity contribution in [2.45, 2.75) is 6.54 Å². The zero-order valence-electron chi connectivity index (χ0n) is 14.4. The van der Waals surface area contributed by atoms with E-state index in [1.807, 2.05) is 42.5 Å². The van der Waals surface area contributed by atoms with Crippen LogP contribution in [0.5, 0.6) is 0 Å². The minimum absolute atomic E-state index is 0.0313. The molecule has 0 radical (unpaired) electrons. The summed E-state index contributed by atoms with van der Waals surface area (Å²) in [5.41, 5.74) is 6.54. The summed E-state index contributed by atoms with van der Waals surface area (Å²) in [7, 11) is 1.25. The van der Waals surface area contributed by atoms with Gasteiger partial charge < -0.3 is 10.5 Å². The molecule has 0 aliphatic carbocycles. The van der Waals surface area contributed by atoms with Crippen molar-refractivity contribution in [2.75, 3.05) is 18.2 Å². The Labute approximate surface area is 152 Å². The maximum absolute atomic E-state index is 12.2. The van der Waals surface area contributed by atoms with Gasteiger partial charge in [-0.25, -0.2) is 9.78 Å². The number of ether oxygens (including phenoxy) is 1. The Morgan fingerprint density at radius 1 is 1.22 bits per heavy atom. The number of imidazole rings is 1. The molecular formula is C18H16N6O3. The average Bonchev–Trinajstić information content (AvgIpc) is 2.99. The van der Waals surface area contributed by atoms with Gasteiger partial charge in [-0.15, -0.1) is 0 Å². The second-order valence-corrected chi connectivity index (χ2v) is 5.90. The van der Waals surface area contributed by atoms with Crippen molar-refractivity contribution in [3.8, 4) is 0 Å². The molecule has 2 heterocycles. The lowest BCUT2D eigenvalue weighted by Gasteiger charge is -2.11. The highest BCUT2D eigenvalue weighted by molar-refractivity contribution is 5.87. The number of hydrogen-bond acceptors (Lipinski definition) is 6. The molecule has 27 heavy (non-hydrogen) atoms. The summed E-state index contributed by atoms with van der Waals surface area (Å²) in [6, 6.07) is 13.9. The molecule has 9 nitrogen and oxygen atoms in total. The molecule has 1 amide bonds. The van der Waals surface area contributed by atoms with E-state index in [0.29, 0.717) is 6.54 Å².